The van der Waals surface area contributed by atoms with Crippen molar-refractivity contribution in [2.45, 2.75) is 45.6 Å². The van der Waals surface area contributed by atoms with Crippen LogP contribution in [0, 0.1) is 5.41 Å². The number of alkyl halides is 3. The zero-order valence-electron chi connectivity index (χ0n) is 12.2. The minimum Gasteiger partial charge on any atom is -0.390 e. The Labute approximate surface area is 117 Å². The molecule has 0 fully saturated rings. The molecule has 0 aliphatic heterocycles. The molecular formula is C15H21F3O2. The van der Waals surface area contributed by atoms with Gasteiger partial charge in [-0.1, -0.05) is 39.0 Å². The lowest BCUT2D eigenvalue weighted by molar-refractivity contribution is -0.137. The van der Waals surface area contributed by atoms with Crippen molar-refractivity contribution in [3.63, 3.8) is 0 Å². The fourth-order valence-electron chi connectivity index (χ4n) is 2.31. The van der Waals surface area contributed by atoms with Crippen LogP contribution in [0.1, 0.15) is 31.9 Å². The summed E-state index contributed by atoms with van der Waals surface area (Å²) in [5.41, 5.74) is -0.555. The molecule has 1 aromatic carbocycles. The van der Waals surface area contributed by atoms with E-state index < -0.39 is 23.9 Å². The molecule has 1 N–H and O–H groups in total. The Morgan fingerprint density at radius 1 is 1.20 bits per heavy atom. The maximum atomic E-state index is 12.6. The normalized spacial score (nSPS) is 16.0. The van der Waals surface area contributed by atoms with Gasteiger partial charge in [-0.2, -0.15) is 13.2 Å². The van der Waals surface area contributed by atoms with Crippen LogP contribution in [0.2, 0.25) is 0 Å². The summed E-state index contributed by atoms with van der Waals surface area (Å²) in [7, 11) is 1.49. The zero-order chi connectivity index (χ0) is 15.6. The molecule has 2 atom stereocenters. The highest BCUT2D eigenvalue weighted by Gasteiger charge is 2.33. The largest absolute Gasteiger partial charge is 0.416 e. The molecule has 0 amide bonds. The van der Waals surface area contributed by atoms with Gasteiger partial charge in [0.2, 0.25) is 0 Å². The Kier molecular flexibility index (Phi) is 5.21. The molecule has 0 aliphatic carbocycles. The monoisotopic (exact) mass is 290 g/mol. The molecule has 2 unspecified atom stereocenters. The molecular weight excluding hydrogens is 269 g/mol. The van der Waals surface area contributed by atoms with E-state index in [9.17, 15) is 18.3 Å². The Bertz CT molecular complexity index is 435. The van der Waals surface area contributed by atoms with Gasteiger partial charge >= 0.3 is 6.18 Å². The van der Waals surface area contributed by atoms with Crippen LogP contribution in [0.3, 0.4) is 0 Å². The fraction of sp³-hybridized carbons (Fsp3) is 0.600. The molecule has 0 saturated carbocycles. The van der Waals surface area contributed by atoms with Gasteiger partial charge in [0.05, 0.1) is 17.8 Å². The fourth-order valence-corrected chi connectivity index (χ4v) is 2.31. The summed E-state index contributed by atoms with van der Waals surface area (Å²) >= 11 is 0. The van der Waals surface area contributed by atoms with Crippen LogP contribution < -0.4 is 0 Å². The first kappa shape index (κ1) is 17.0. The summed E-state index contributed by atoms with van der Waals surface area (Å²) in [6, 6.07) is 5.02. The van der Waals surface area contributed by atoms with E-state index in [1.54, 1.807) is 6.07 Å². The number of rotatable bonds is 4. The van der Waals surface area contributed by atoms with Crippen molar-refractivity contribution >= 4 is 0 Å². The van der Waals surface area contributed by atoms with Crippen molar-refractivity contribution < 1.29 is 23.0 Å². The summed E-state index contributed by atoms with van der Waals surface area (Å²) in [4.78, 5) is 0. The van der Waals surface area contributed by atoms with Crippen molar-refractivity contribution in [2.24, 2.45) is 5.41 Å². The SMILES string of the molecule is COC(C(O)Cc1cccc(C(F)(F)F)c1)C(C)(C)C. The molecule has 0 radical (unpaired) electrons. The van der Waals surface area contributed by atoms with E-state index in [1.165, 1.54) is 13.2 Å². The quantitative estimate of drug-likeness (QED) is 0.916. The summed E-state index contributed by atoms with van der Waals surface area (Å²) < 4.78 is 43.2. The molecule has 0 spiro atoms. The van der Waals surface area contributed by atoms with E-state index in [1.807, 2.05) is 20.8 Å². The molecule has 20 heavy (non-hydrogen) atoms. The van der Waals surface area contributed by atoms with Gasteiger partial charge in [0.25, 0.3) is 0 Å². The van der Waals surface area contributed by atoms with Gasteiger partial charge in [-0.3, -0.25) is 0 Å². The number of aliphatic hydroxyl groups is 1. The lowest BCUT2D eigenvalue weighted by Gasteiger charge is -2.33. The van der Waals surface area contributed by atoms with Crippen molar-refractivity contribution in [3.05, 3.63) is 35.4 Å². The molecule has 1 rings (SSSR count). The second-order valence-electron chi connectivity index (χ2n) is 5.99. The summed E-state index contributed by atoms with van der Waals surface area (Å²) in [5.74, 6) is 0. The Balaban J connectivity index is 2.88. The van der Waals surface area contributed by atoms with Crippen molar-refractivity contribution in [2.75, 3.05) is 7.11 Å². The number of hydrogen-bond acceptors (Lipinski definition) is 2. The molecule has 0 aromatic heterocycles. The minimum atomic E-state index is -4.37. The van der Waals surface area contributed by atoms with Crippen LogP contribution in [-0.4, -0.2) is 24.4 Å². The number of halogens is 3. The molecule has 114 valence electrons. The summed E-state index contributed by atoms with van der Waals surface area (Å²) in [6.07, 6.45) is -5.55. The first-order valence-corrected chi connectivity index (χ1v) is 6.42. The second kappa shape index (κ2) is 6.14. The molecule has 0 aliphatic rings. The Hall–Kier alpha value is -1.07. The van der Waals surface area contributed by atoms with E-state index >= 15 is 0 Å². The smallest absolute Gasteiger partial charge is 0.390 e. The van der Waals surface area contributed by atoms with Gasteiger partial charge in [0.15, 0.2) is 0 Å². The maximum absolute atomic E-state index is 12.6. The van der Waals surface area contributed by atoms with Crippen LogP contribution in [0.25, 0.3) is 0 Å². The van der Waals surface area contributed by atoms with Gasteiger partial charge < -0.3 is 9.84 Å². The van der Waals surface area contributed by atoms with Crippen molar-refractivity contribution in [1.29, 1.82) is 0 Å². The van der Waals surface area contributed by atoms with Crippen LogP contribution >= 0.6 is 0 Å². The average Bonchev–Trinajstić information content (AvgIpc) is 2.26. The average molecular weight is 290 g/mol. The molecule has 2 nitrogen and oxygen atoms in total. The van der Waals surface area contributed by atoms with Gasteiger partial charge in [-0.15, -0.1) is 0 Å². The summed E-state index contributed by atoms with van der Waals surface area (Å²) in [5, 5.41) is 10.2. The molecule has 1 aromatic rings. The Morgan fingerprint density at radius 2 is 1.80 bits per heavy atom. The lowest BCUT2D eigenvalue weighted by Crippen LogP contribution is -2.40. The predicted octanol–water partition coefficient (Wildman–Crippen LogP) is 3.67. The van der Waals surface area contributed by atoms with E-state index in [2.05, 4.69) is 0 Å². The standard InChI is InChI=1S/C15H21F3O2/c1-14(2,3)13(20-4)12(19)9-10-6-5-7-11(8-10)15(16,17)18/h5-8,12-13,19H,9H2,1-4H3. The third-order valence-electron chi connectivity index (χ3n) is 3.16. The van der Waals surface area contributed by atoms with E-state index in [-0.39, 0.29) is 11.8 Å². The number of hydrogen-bond donors (Lipinski definition) is 1. The van der Waals surface area contributed by atoms with E-state index in [4.69, 9.17) is 4.74 Å². The maximum Gasteiger partial charge on any atom is 0.416 e. The zero-order valence-corrected chi connectivity index (χ0v) is 12.2. The molecule has 0 heterocycles. The van der Waals surface area contributed by atoms with Crippen LogP contribution in [0.15, 0.2) is 24.3 Å². The molecule has 5 heteroatoms. The van der Waals surface area contributed by atoms with E-state index in [0.717, 1.165) is 12.1 Å². The number of benzene rings is 1. The molecule has 0 bridgehead atoms. The van der Waals surface area contributed by atoms with Crippen LogP contribution in [0.4, 0.5) is 13.2 Å². The third-order valence-corrected chi connectivity index (χ3v) is 3.16. The van der Waals surface area contributed by atoms with Crippen molar-refractivity contribution in [1.82, 2.24) is 0 Å². The highest BCUT2D eigenvalue weighted by atomic mass is 19.4. The van der Waals surface area contributed by atoms with Crippen LogP contribution in [0.5, 0.6) is 0 Å². The first-order valence-electron chi connectivity index (χ1n) is 6.42. The highest BCUT2D eigenvalue weighted by molar-refractivity contribution is 5.26. The first-order chi connectivity index (χ1) is 9.05. The number of aliphatic hydroxyl groups excluding tert-OH is 1. The third kappa shape index (κ3) is 4.49. The van der Waals surface area contributed by atoms with Gasteiger partial charge in [0.1, 0.15) is 0 Å². The summed E-state index contributed by atoms with van der Waals surface area (Å²) in [6.45, 7) is 5.74. The van der Waals surface area contributed by atoms with Gasteiger partial charge in [-0.25, -0.2) is 0 Å². The van der Waals surface area contributed by atoms with E-state index in [0.29, 0.717) is 5.56 Å². The lowest BCUT2D eigenvalue weighted by atomic mass is 9.83. The van der Waals surface area contributed by atoms with Gasteiger partial charge in [-0.05, 0) is 17.0 Å². The number of ether oxygens (including phenoxy) is 1. The number of methoxy groups -OCH3 is 1. The Morgan fingerprint density at radius 3 is 2.25 bits per heavy atom. The van der Waals surface area contributed by atoms with Crippen molar-refractivity contribution in [3.8, 4) is 0 Å². The molecule has 0 saturated heterocycles. The predicted molar refractivity (Wildman–Crippen MR) is 71.4 cm³/mol. The second-order valence-corrected chi connectivity index (χ2v) is 5.99. The topological polar surface area (TPSA) is 29.5 Å². The van der Waals surface area contributed by atoms with Gasteiger partial charge in [0, 0.05) is 13.5 Å². The highest BCUT2D eigenvalue weighted by Crippen LogP contribution is 2.31. The van der Waals surface area contributed by atoms with Crippen LogP contribution in [-0.2, 0) is 17.3 Å². The minimum absolute atomic E-state index is 0.125.